The van der Waals surface area contributed by atoms with Gasteiger partial charge in [-0.15, -0.1) is 0 Å². The zero-order chi connectivity index (χ0) is 9.68. The van der Waals surface area contributed by atoms with E-state index in [-0.39, 0.29) is 0 Å². The maximum atomic E-state index is 4.30. The molecule has 3 nitrogen and oxygen atoms in total. The number of aryl methyl sites for hydroxylation is 1. The van der Waals surface area contributed by atoms with Crippen LogP contribution in [0.2, 0.25) is 0 Å². The van der Waals surface area contributed by atoms with Crippen molar-refractivity contribution in [3.63, 3.8) is 0 Å². The lowest BCUT2D eigenvalue weighted by Crippen LogP contribution is -2.19. The zero-order valence-electron chi connectivity index (χ0n) is 8.75. The molecule has 0 radical (unpaired) electrons. The van der Waals surface area contributed by atoms with Crippen molar-refractivity contribution in [2.45, 2.75) is 39.3 Å². The summed E-state index contributed by atoms with van der Waals surface area (Å²) in [5, 5.41) is 7.59. The van der Waals surface area contributed by atoms with E-state index in [1.165, 1.54) is 5.69 Å². The van der Waals surface area contributed by atoms with Gasteiger partial charge >= 0.3 is 0 Å². The molecule has 1 unspecified atom stereocenters. The van der Waals surface area contributed by atoms with Gasteiger partial charge in [0.15, 0.2) is 0 Å². The molecule has 0 aromatic carbocycles. The fraction of sp³-hybridized carbons (Fsp3) is 0.700. The average molecular weight is 181 g/mol. The molecule has 0 amide bonds. The topological polar surface area (TPSA) is 29.9 Å². The van der Waals surface area contributed by atoms with Gasteiger partial charge < -0.3 is 5.32 Å². The Morgan fingerprint density at radius 1 is 1.54 bits per heavy atom. The van der Waals surface area contributed by atoms with E-state index in [2.05, 4.69) is 35.0 Å². The fourth-order valence-electron chi connectivity index (χ4n) is 1.60. The third-order valence-corrected chi connectivity index (χ3v) is 2.30. The molecular weight excluding hydrogens is 162 g/mol. The highest BCUT2D eigenvalue weighted by atomic mass is 15.3. The number of nitrogens with one attached hydrogen (secondary N) is 1. The molecule has 3 heteroatoms. The van der Waals surface area contributed by atoms with Crippen molar-refractivity contribution in [3.8, 4) is 0 Å². The summed E-state index contributed by atoms with van der Waals surface area (Å²) in [6, 6.07) is 2.54. The molecule has 13 heavy (non-hydrogen) atoms. The molecule has 0 spiro atoms. The fourth-order valence-corrected chi connectivity index (χ4v) is 1.60. The molecule has 0 saturated heterocycles. The van der Waals surface area contributed by atoms with E-state index < -0.39 is 0 Å². The van der Waals surface area contributed by atoms with Crippen molar-refractivity contribution in [1.29, 1.82) is 0 Å². The minimum atomic E-state index is 0.439. The first-order valence-corrected chi connectivity index (χ1v) is 5.02. The number of nitrogens with zero attached hydrogens (tertiary/aromatic N) is 2. The van der Waals surface area contributed by atoms with Crippen LogP contribution in [0.3, 0.4) is 0 Å². The van der Waals surface area contributed by atoms with Gasteiger partial charge in [0.05, 0.1) is 5.69 Å². The van der Waals surface area contributed by atoms with Crippen molar-refractivity contribution in [2.24, 2.45) is 0 Å². The Hall–Kier alpha value is -0.830. The molecule has 0 aliphatic rings. The molecule has 1 rings (SSSR count). The number of rotatable bonds is 5. The Morgan fingerprint density at radius 2 is 2.31 bits per heavy atom. The number of aromatic nitrogens is 2. The maximum absolute atomic E-state index is 4.30. The number of hydrogen-bond donors (Lipinski definition) is 1. The molecule has 1 aromatic rings. The summed E-state index contributed by atoms with van der Waals surface area (Å²) in [5.41, 5.74) is 1.30. The van der Waals surface area contributed by atoms with E-state index in [0.717, 1.165) is 19.4 Å². The van der Waals surface area contributed by atoms with Gasteiger partial charge in [-0.3, -0.25) is 4.68 Å². The summed E-state index contributed by atoms with van der Waals surface area (Å²) in [6.45, 7) is 5.37. The van der Waals surface area contributed by atoms with Crippen LogP contribution in [-0.4, -0.2) is 16.8 Å². The largest absolute Gasteiger partial charge is 0.312 e. The van der Waals surface area contributed by atoms with E-state index in [4.69, 9.17) is 0 Å². The smallest absolute Gasteiger partial charge is 0.0553 e. The maximum Gasteiger partial charge on any atom is 0.0553 e. The van der Waals surface area contributed by atoms with Gasteiger partial charge in [0, 0.05) is 18.8 Å². The van der Waals surface area contributed by atoms with Gasteiger partial charge in [-0.2, -0.15) is 5.10 Å². The minimum Gasteiger partial charge on any atom is -0.312 e. The minimum absolute atomic E-state index is 0.439. The summed E-state index contributed by atoms with van der Waals surface area (Å²) < 4.78 is 2.09. The van der Waals surface area contributed by atoms with Gasteiger partial charge in [-0.25, -0.2) is 0 Å². The van der Waals surface area contributed by atoms with Crippen molar-refractivity contribution in [2.75, 3.05) is 7.05 Å². The van der Waals surface area contributed by atoms with Crippen LogP contribution in [0, 0.1) is 0 Å². The predicted octanol–water partition coefficient (Wildman–Crippen LogP) is 1.96. The van der Waals surface area contributed by atoms with Crippen molar-refractivity contribution >= 4 is 0 Å². The lowest BCUT2D eigenvalue weighted by atomic mass is 10.1. The second-order valence-corrected chi connectivity index (χ2v) is 3.23. The Labute approximate surface area is 80.1 Å². The van der Waals surface area contributed by atoms with Crippen LogP contribution in [0.15, 0.2) is 12.3 Å². The first-order chi connectivity index (χ1) is 6.33. The SMILES string of the molecule is CCCn1nccc1C(CC)NC. The monoisotopic (exact) mass is 181 g/mol. The third kappa shape index (κ3) is 2.31. The zero-order valence-corrected chi connectivity index (χ0v) is 8.75. The summed E-state index contributed by atoms with van der Waals surface area (Å²) in [5.74, 6) is 0. The van der Waals surface area contributed by atoms with Crippen LogP contribution in [0.4, 0.5) is 0 Å². The van der Waals surface area contributed by atoms with Crippen molar-refractivity contribution in [1.82, 2.24) is 15.1 Å². The quantitative estimate of drug-likeness (QED) is 0.752. The van der Waals surface area contributed by atoms with E-state index in [0.29, 0.717) is 6.04 Å². The second kappa shape index (κ2) is 5.02. The summed E-state index contributed by atoms with van der Waals surface area (Å²) in [4.78, 5) is 0. The van der Waals surface area contributed by atoms with Crippen LogP contribution in [0.25, 0.3) is 0 Å². The molecule has 0 aliphatic heterocycles. The second-order valence-electron chi connectivity index (χ2n) is 3.23. The first kappa shape index (κ1) is 10.3. The van der Waals surface area contributed by atoms with Crippen LogP contribution >= 0.6 is 0 Å². The lowest BCUT2D eigenvalue weighted by molar-refractivity contribution is 0.489. The van der Waals surface area contributed by atoms with E-state index in [1.54, 1.807) is 0 Å². The Balaban J connectivity index is 2.78. The molecule has 0 saturated carbocycles. The molecule has 0 bridgehead atoms. The molecule has 1 aromatic heterocycles. The Kier molecular flexibility index (Phi) is 3.96. The predicted molar refractivity (Wildman–Crippen MR) is 54.6 cm³/mol. The van der Waals surface area contributed by atoms with E-state index in [1.807, 2.05) is 13.2 Å². The van der Waals surface area contributed by atoms with Gasteiger partial charge in [-0.1, -0.05) is 13.8 Å². The van der Waals surface area contributed by atoms with E-state index >= 15 is 0 Å². The van der Waals surface area contributed by atoms with Crippen LogP contribution in [-0.2, 0) is 6.54 Å². The van der Waals surface area contributed by atoms with E-state index in [9.17, 15) is 0 Å². The van der Waals surface area contributed by atoms with Gasteiger partial charge in [0.1, 0.15) is 0 Å². The van der Waals surface area contributed by atoms with Crippen molar-refractivity contribution < 1.29 is 0 Å². The third-order valence-electron chi connectivity index (χ3n) is 2.30. The van der Waals surface area contributed by atoms with Gasteiger partial charge in [0.2, 0.25) is 0 Å². The Morgan fingerprint density at radius 3 is 2.85 bits per heavy atom. The molecule has 0 aliphatic carbocycles. The molecule has 74 valence electrons. The molecule has 1 N–H and O–H groups in total. The summed E-state index contributed by atoms with van der Waals surface area (Å²) in [6.07, 6.45) is 4.12. The van der Waals surface area contributed by atoms with Crippen LogP contribution in [0.1, 0.15) is 38.4 Å². The molecule has 1 heterocycles. The average Bonchev–Trinajstić information content (AvgIpc) is 2.57. The van der Waals surface area contributed by atoms with Crippen LogP contribution in [0.5, 0.6) is 0 Å². The Bertz CT molecular complexity index is 238. The van der Waals surface area contributed by atoms with Gasteiger partial charge in [-0.05, 0) is 26.0 Å². The standard InChI is InChI=1S/C10H19N3/c1-4-8-13-10(6-7-12-13)9(5-2)11-3/h6-7,9,11H,4-5,8H2,1-3H3. The van der Waals surface area contributed by atoms with Gasteiger partial charge in [0.25, 0.3) is 0 Å². The molecule has 0 fully saturated rings. The highest BCUT2D eigenvalue weighted by Gasteiger charge is 2.10. The molecular formula is C10H19N3. The van der Waals surface area contributed by atoms with Crippen molar-refractivity contribution in [3.05, 3.63) is 18.0 Å². The number of hydrogen-bond acceptors (Lipinski definition) is 2. The molecule has 1 atom stereocenters. The highest BCUT2D eigenvalue weighted by Crippen LogP contribution is 2.15. The lowest BCUT2D eigenvalue weighted by Gasteiger charge is -2.15. The normalized spacial score (nSPS) is 13.2. The first-order valence-electron chi connectivity index (χ1n) is 5.02. The summed E-state index contributed by atoms with van der Waals surface area (Å²) in [7, 11) is 2.00. The van der Waals surface area contributed by atoms with Crippen LogP contribution < -0.4 is 5.32 Å². The summed E-state index contributed by atoms with van der Waals surface area (Å²) >= 11 is 0. The highest BCUT2D eigenvalue weighted by molar-refractivity contribution is 5.06.